The molecule has 2 heterocycles. The van der Waals surface area contributed by atoms with E-state index < -0.39 is 12.1 Å². The van der Waals surface area contributed by atoms with E-state index in [4.69, 9.17) is 9.72 Å². The molecule has 4 aromatic rings. The number of hydrogen-bond acceptors (Lipinski definition) is 4. The molecule has 2 amide bonds. The fraction of sp³-hybridized carbons (Fsp3) is 0.321. The minimum Gasteiger partial charge on any atom is -0.453 e. The van der Waals surface area contributed by atoms with Crippen molar-refractivity contribution < 1.29 is 14.3 Å². The summed E-state index contributed by atoms with van der Waals surface area (Å²) in [7, 11) is 1.30. The van der Waals surface area contributed by atoms with Gasteiger partial charge in [-0.2, -0.15) is 0 Å². The van der Waals surface area contributed by atoms with Crippen LogP contribution in [-0.2, 0) is 9.53 Å². The first-order chi connectivity index (χ1) is 17.4. The number of ether oxygens (including phenoxy) is 1. The summed E-state index contributed by atoms with van der Waals surface area (Å²) >= 11 is 3.55. The smallest absolute Gasteiger partial charge is 0.407 e. The van der Waals surface area contributed by atoms with Crippen molar-refractivity contribution in [3.05, 3.63) is 65.0 Å². The lowest BCUT2D eigenvalue weighted by atomic mass is 9.99. The van der Waals surface area contributed by atoms with Gasteiger partial charge in [-0.25, -0.2) is 9.78 Å². The SMILES string of the molecule is COC(=O)N[C@H](C(=O)N1CCC[C@H]1c1nc(-c2ccc3c(ccc4cc(Br)ccc43)c2)c[nH]1)C(C)C. The molecule has 2 N–H and O–H groups in total. The molecule has 5 rings (SSSR count). The number of benzene rings is 3. The highest BCUT2D eigenvalue weighted by Gasteiger charge is 2.37. The van der Waals surface area contributed by atoms with Gasteiger partial charge >= 0.3 is 6.09 Å². The third-order valence-electron chi connectivity index (χ3n) is 6.93. The van der Waals surface area contributed by atoms with Gasteiger partial charge in [-0.3, -0.25) is 4.79 Å². The van der Waals surface area contributed by atoms with E-state index >= 15 is 0 Å². The molecule has 0 saturated carbocycles. The zero-order chi connectivity index (χ0) is 25.4. The molecule has 1 fully saturated rings. The number of likely N-dealkylation sites (tertiary alicyclic amines) is 1. The highest BCUT2D eigenvalue weighted by atomic mass is 79.9. The maximum Gasteiger partial charge on any atom is 0.407 e. The van der Waals surface area contributed by atoms with Gasteiger partial charge < -0.3 is 19.9 Å². The average molecular weight is 549 g/mol. The Kier molecular flexibility index (Phi) is 6.71. The van der Waals surface area contributed by atoms with Gasteiger partial charge in [0.05, 0.1) is 18.8 Å². The standard InChI is InChI=1S/C28H29BrN4O3/c1-16(2)25(32-28(35)36-3)27(34)33-12-4-5-24(33)26-30-15-23(31-26)19-8-10-21-17(13-19)6-7-18-14-20(29)9-11-22(18)21/h6-11,13-16,24-25H,4-5,12H2,1-3H3,(H,30,31)(H,32,35)/t24-,25-/m0/s1. The van der Waals surface area contributed by atoms with Crippen molar-refractivity contribution in [1.82, 2.24) is 20.2 Å². The van der Waals surface area contributed by atoms with Gasteiger partial charge in [0, 0.05) is 22.8 Å². The third-order valence-corrected chi connectivity index (χ3v) is 7.43. The molecule has 0 aliphatic carbocycles. The van der Waals surface area contributed by atoms with Gasteiger partial charge in [-0.15, -0.1) is 0 Å². The molecule has 1 saturated heterocycles. The first kappa shape index (κ1) is 24.3. The maximum absolute atomic E-state index is 13.4. The Morgan fingerprint density at radius 2 is 1.83 bits per heavy atom. The van der Waals surface area contributed by atoms with Crippen molar-refractivity contribution in [2.45, 2.75) is 38.8 Å². The summed E-state index contributed by atoms with van der Waals surface area (Å²) in [6, 6.07) is 16.2. The molecule has 36 heavy (non-hydrogen) atoms. The number of carbonyl (C=O) groups is 2. The minimum atomic E-state index is -0.650. The van der Waals surface area contributed by atoms with E-state index in [1.54, 1.807) is 0 Å². The number of rotatable bonds is 5. The van der Waals surface area contributed by atoms with Gasteiger partial charge in [0.15, 0.2) is 0 Å². The highest BCUT2D eigenvalue weighted by Crippen LogP contribution is 2.34. The maximum atomic E-state index is 13.4. The number of hydrogen-bond donors (Lipinski definition) is 2. The molecule has 1 aromatic heterocycles. The molecule has 0 unspecified atom stereocenters. The minimum absolute atomic E-state index is 0.0696. The zero-order valence-corrected chi connectivity index (χ0v) is 22.1. The van der Waals surface area contributed by atoms with Crippen molar-refractivity contribution >= 4 is 49.5 Å². The molecule has 7 nitrogen and oxygen atoms in total. The van der Waals surface area contributed by atoms with Crippen LogP contribution in [0.1, 0.15) is 38.6 Å². The lowest BCUT2D eigenvalue weighted by Gasteiger charge is -2.29. The second-order valence-electron chi connectivity index (χ2n) is 9.59. The molecule has 3 aromatic carbocycles. The number of fused-ring (bicyclic) bond motifs is 3. The largest absolute Gasteiger partial charge is 0.453 e. The van der Waals surface area contributed by atoms with Crippen LogP contribution in [0.4, 0.5) is 4.79 Å². The summed E-state index contributed by atoms with van der Waals surface area (Å²) in [5, 5.41) is 7.45. The van der Waals surface area contributed by atoms with Crippen LogP contribution in [0.3, 0.4) is 0 Å². The summed E-state index contributed by atoms with van der Waals surface area (Å²) in [6.07, 6.45) is 3.01. The van der Waals surface area contributed by atoms with Crippen LogP contribution in [0.25, 0.3) is 32.8 Å². The predicted molar refractivity (Wildman–Crippen MR) is 145 cm³/mol. The first-order valence-corrected chi connectivity index (χ1v) is 13.0. The summed E-state index contributed by atoms with van der Waals surface area (Å²) < 4.78 is 5.79. The number of nitrogens with zero attached hydrogens (tertiary/aromatic N) is 2. The Hall–Kier alpha value is -3.39. The number of H-pyrrole nitrogens is 1. The summed E-state index contributed by atoms with van der Waals surface area (Å²) in [4.78, 5) is 35.2. The van der Waals surface area contributed by atoms with Crippen LogP contribution < -0.4 is 5.32 Å². The lowest BCUT2D eigenvalue weighted by Crippen LogP contribution is -2.51. The average Bonchev–Trinajstić information content (AvgIpc) is 3.55. The van der Waals surface area contributed by atoms with Crippen molar-refractivity contribution in [2.24, 2.45) is 5.92 Å². The second-order valence-corrected chi connectivity index (χ2v) is 10.5. The first-order valence-electron chi connectivity index (χ1n) is 12.2. The van der Waals surface area contributed by atoms with Crippen LogP contribution >= 0.6 is 15.9 Å². The number of methoxy groups -OCH3 is 1. The Morgan fingerprint density at radius 3 is 2.56 bits per heavy atom. The predicted octanol–water partition coefficient (Wildman–Crippen LogP) is 6.19. The van der Waals surface area contributed by atoms with E-state index in [9.17, 15) is 9.59 Å². The van der Waals surface area contributed by atoms with E-state index in [0.29, 0.717) is 6.54 Å². The number of aromatic nitrogens is 2. The normalized spacial score (nSPS) is 16.6. The van der Waals surface area contributed by atoms with E-state index in [2.05, 4.69) is 74.8 Å². The second kappa shape index (κ2) is 9.93. The fourth-order valence-corrected chi connectivity index (χ4v) is 5.43. The topological polar surface area (TPSA) is 87.3 Å². The number of amides is 2. The van der Waals surface area contributed by atoms with Gasteiger partial charge in [0.1, 0.15) is 11.9 Å². The van der Waals surface area contributed by atoms with Crippen molar-refractivity contribution in [3.8, 4) is 11.3 Å². The molecule has 186 valence electrons. The highest BCUT2D eigenvalue weighted by molar-refractivity contribution is 9.10. The van der Waals surface area contributed by atoms with Gasteiger partial charge in [-0.1, -0.05) is 60.1 Å². The van der Waals surface area contributed by atoms with Crippen molar-refractivity contribution in [3.63, 3.8) is 0 Å². The number of aromatic amines is 1. The monoisotopic (exact) mass is 548 g/mol. The van der Waals surface area contributed by atoms with E-state index in [0.717, 1.165) is 39.8 Å². The molecule has 2 atom stereocenters. The van der Waals surface area contributed by atoms with Crippen LogP contribution in [0.5, 0.6) is 0 Å². The fourth-order valence-electron chi connectivity index (χ4n) is 5.05. The molecule has 1 aliphatic heterocycles. The molecule has 0 bridgehead atoms. The van der Waals surface area contributed by atoms with Crippen LogP contribution in [-0.4, -0.2) is 46.6 Å². The Bertz CT molecular complexity index is 1450. The molecule has 0 radical (unpaired) electrons. The Labute approximate surface area is 218 Å². The van der Waals surface area contributed by atoms with E-state index in [-0.39, 0.29) is 17.9 Å². The van der Waals surface area contributed by atoms with E-state index in [1.165, 1.54) is 23.3 Å². The molecule has 8 heteroatoms. The summed E-state index contributed by atoms with van der Waals surface area (Å²) in [5.41, 5.74) is 1.86. The van der Waals surface area contributed by atoms with Crippen LogP contribution in [0.15, 0.2) is 59.2 Å². The molecular formula is C28H29BrN4O3. The van der Waals surface area contributed by atoms with Crippen molar-refractivity contribution in [1.29, 1.82) is 0 Å². The summed E-state index contributed by atoms with van der Waals surface area (Å²) in [5.74, 6) is 0.583. The lowest BCUT2D eigenvalue weighted by molar-refractivity contribution is -0.135. The summed E-state index contributed by atoms with van der Waals surface area (Å²) in [6.45, 7) is 4.46. The number of halogens is 1. The Balaban J connectivity index is 1.41. The number of imidazole rings is 1. The van der Waals surface area contributed by atoms with E-state index in [1.807, 2.05) is 24.9 Å². The van der Waals surface area contributed by atoms with Crippen LogP contribution in [0.2, 0.25) is 0 Å². The zero-order valence-electron chi connectivity index (χ0n) is 20.5. The Morgan fingerprint density at radius 1 is 1.11 bits per heavy atom. The molecule has 1 aliphatic rings. The van der Waals surface area contributed by atoms with Gasteiger partial charge in [0.2, 0.25) is 5.91 Å². The number of nitrogens with one attached hydrogen (secondary N) is 2. The molecular weight excluding hydrogens is 520 g/mol. The molecule has 0 spiro atoms. The third kappa shape index (κ3) is 4.57. The number of alkyl carbamates (subject to hydrolysis) is 1. The number of carbonyl (C=O) groups excluding carboxylic acids is 2. The quantitative estimate of drug-likeness (QED) is 0.291. The van der Waals surface area contributed by atoms with Crippen molar-refractivity contribution in [2.75, 3.05) is 13.7 Å². The van der Waals surface area contributed by atoms with Crippen LogP contribution in [0, 0.1) is 5.92 Å². The van der Waals surface area contributed by atoms with Gasteiger partial charge in [-0.05, 0) is 58.5 Å². The van der Waals surface area contributed by atoms with Gasteiger partial charge in [0.25, 0.3) is 0 Å².